The van der Waals surface area contributed by atoms with Crippen LogP contribution in [0.2, 0.25) is 13.1 Å². The maximum atomic E-state index is 10.5. The van der Waals surface area contributed by atoms with Gasteiger partial charge in [-0.3, -0.25) is 0 Å². The molecule has 0 fully saturated rings. The van der Waals surface area contributed by atoms with Crippen molar-refractivity contribution in [1.29, 1.82) is 0 Å². The molecular formula is C9H20O2Si. The average Bonchev–Trinajstić information content (AvgIpc) is 2.02. The van der Waals surface area contributed by atoms with Gasteiger partial charge in [0.15, 0.2) is 9.04 Å². The summed E-state index contributed by atoms with van der Waals surface area (Å²) in [6.07, 6.45) is 5.24. The highest BCUT2D eigenvalue weighted by molar-refractivity contribution is 6.48. The number of hydrogen-bond acceptors (Lipinski definition) is 2. The van der Waals surface area contributed by atoms with Crippen molar-refractivity contribution in [2.45, 2.75) is 51.8 Å². The van der Waals surface area contributed by atoms with Gasteiger partial charge in [0, 0.05) is 0 Å². The normalized spacial score (nSPS) is 13.3. The highest BCUT2D eigenvalue weighted by Crippen LogP contribution is 2.05. The summed E-state index contributed by atoms with van der Waals surface area (Å²) in [7, 11) is -1.03. The van der Waals surface area contributed by atoms with Crippen LogP contribution in [-0.4, -0.2) is 21.4 Å². The number of hydrogen-bond donors (Lipinski definition) is 0. The number of aldehydes is 1. The van der Waals surface area contributed by atoms with Gasteiger partial charge in [-0.1, -0.05) is 26.2 Å². The summed E-state index contributed by atoms with van der Waals surface area (Å²) in [4.78, 5) is 10.5. The molecule has 0 radical (unpaired) electrons. The maximum Gasteiger partial charge on any atom is 0.171 e. The van der Waals surface area contributed by atoms with E-state index in [1.54, 1.807) is 0 Å². The van der Waals surface area contributed by atoms with Gasteiger partial charge in [-0.25, -0.2) is 0 Å². The van der Waals surface area contributed by atoms with Gasteiger partial charge in [0.1, 0.15) is 12.4 Å². The molecule has 0 heterocycles. The predicted octanol–water partition coefficient (Wildman–Crippen LogP) is 2.13. The van der Waals surface area contributed by atoms with E-state index in [4.69, 9.17) is 4.43 Å². The van der Waals surface area contributed by atoms with Crippen molar-refractivity contribution in [3.8, 4) is 0 Å². The molecule has 0 aliphatic rings. The zero-order valence-corrected chi connectivity index (χ0v) is 9.53. The van der Waals surface area contributed by atoms with Crippen molar-refractivity contribution >= 4 is 15.3 Å². The van der Waals surface area contributed by atoms with Crippen LogP contribution in [0.5, 0.6) is 0 Å². The number of unbranched alkanes of at least 4 members (excludes halogenated alkanes) is 2. The molecular weight excluding hydrogens is 168 g/mol. The van der Waals surface area contributed by atoms with Crippen LogP contribution in [0.25, 0.3) is 0 Å². The third-order valence-corrected chi connectivity index (χ3v) is 2.58. The lowest BCUT2D eigenvalue weighted by molar-refractivity contribution is -0.114. The Morgan fingerprint density at radius 1 is 1.42 bits per heavy atom. The second-order valence-electron chi connectivity index (χ2n) is 3.36. The molecule has 0 saturated heterocycles. The van der Waals surface area contributed by atoms with Gasteiger partial charge in [-0.05, 0) is 19.5 Å². The standard InChI is InChI=1S/C9H20O2Si/c1-4-5-6-7-9(8-10)11-12(2)3/h8-9,12H,4-7H2,1-3H3. The fourth-order valence-corrected chi connectivity index (χ4v) is 2.01. The van der Waals surface area contributed by atoms with Gasteiger partial charge in [-0.15, -0.1) is 0 Å². The lowest BCUT2D eigenvalue weighted by Crippen LogP contribution is -2.21. The van der Waals surface area contributed by atoms with Crippen molar-refractivity contribution in [1.82, 2.24) is 0 Å². The first-order valence-electron chi connectivity index (χ1n) is 4.81. The van der Waals surface area contributed by atoms with Crippen molar-refractivity contribution in [2.75, 3.05) is 0 Å². The minimum Gasteiger partial charge on any atom is -0.411 e. The molecule has 72 valence electrons. The first kappa shape index (κ1) is 11.8. The Hall–Kier alpha value is -0.153. The van der Waals surface area contributed by atoms with Crippen LogP contribution in [0.15, 0.2) is 0 Å². The Labute approximate surface area is 77.0 Å². The second kappa shape index (κ2) is 7.49. The molecule has 0 bridgehead atoms. The number of rotatable bonds is 7. The van der Waals surface area contributed by atoms with Crippen LogP contribution in [0.1, 0.15) is 32.6 Å². The molecule has 0 aromatic heterocycles. The van der Waals surface area contributed by atoms with Gasteiger partial charge in [-0.2, -0.15) is 0 Å². The molecule has 0 amide bonds. The van der Waals surface area contributed by atoms with E-state index in [2.05, 4.69) is 20.0 Å². The van der Waals surface area contributed by atoms with Crippen molar-refractivity contribution in [2.24, 2.45) is 0 Å². The highest BCUT2D eigenvalue weighted by Gasteiger charge is 2.08. The molecule has 2 nitrogen and oxygen atoms in total. The number of carbonyl (C=O) groups is 1. The molecule has 12 heavy (non-hydrogen) atoms. The van der Waals surface area contributed by atoms with Crippen LogP contribution in [0.3, 0.4) is 0 Å². The third-order valence-electron chi connectivity index (χ3n) is 1.69. The van der Waals surface area contributed by atoms with E-state index in [-0.39, 0.29) is 6.10 Å². The van der Waals surface area contributed by atoms with Crippen molar-refractivity contribution < 1.29 is 9.22 Å². The van der Waals surface area contributed by atoms with Gasteiger partial charge in [0.25, 0.3) is 0 Å². The quantitative estimate of drug-likeness (QED) is 0.347. The fourth-order valence-electron chi connectivity index (χ4n) is 1.11. The first-order chi connectivity index (χ1) is 5.70. The van der Waals surface area contributed by atoms with Crippen LogP contribution >= 0.6 is 0 Å². The van der Waals surface area contributed by atoms with Gasteiger partial charge < -0.3 is 9.22 Å². The minimum atomic E-state index is -1.03. The van der Waals surface area contributed by atoms with Crippen molar-refractivity contribution in [3.63, 3.8) is 0 Å². The zero-order valence-electron chi connectivity index (χ0n) is 8.38. The van der Waals surface area contributed by atoms with E-state index < -0.39 is 9.04 Å². The third kappa shape index (κ3) is 6.55. The van der Waals surface area contributed by atoms with Crippen LogP contribution in [-0.2, 0) is 9.22 Å². The molecule has 3 heteroatoms. The molecule has 0 aliphatic heterocycles. The molecule has 0 aliphatic carbocycles. The van der Waals surface area contributed by atoms with Crippen molar-refractivity contribution in [3.05, 3.63) is 0 Å². The predicted molar refractivity (Wildman–Crippen MR) is 54.0 cm³/mol. The Morgan fingerprint density at radius 2 is 2.08 bits per heavy atom. The molecule has 1 unspecified atom stereocenters. The Kier molecular flexibility index (Phi) is 7.40. The fraction of sp³-hybridized carbons (Fsp3) is 0.889. The zero-order chi connectivity index (χ0) is 9.40. The van der Waals surface area contributed by atoms with E-state index in [0.29, 0.717) is 0 Å². The Morgan fingerprint density at radius 3 is 2.50 bits per heavy atom. The smallest absolute Gasteiger partial charge is 0.171 e. The van der Waals surface area contributed by atoms with E-state index in [9.17, 15) is 4.79 Å². The summed E-state index contributed by atoms with van der Waals surface area (Å²) < 4.78 is 5.52. The summed E-state index contributed by atoms with van der Waals surface area (Å²) >= 11 is 0. The summed E-state index contributed by atoms with van der Waals surface area (Å²) in [5.74, 6) is 0. The summed E-state index contributed by atoms with van der Waals surface area (Å²) in [5, 5.41) is 0. The lowest BCUT2D eigenvalue weighted by atomic mass is 10.1. The van der Waals surface area contributed by atoms with Crippen LogP contribution in [0, 0.1) is 0 Å². The number of carbonyl (C=O) groups excluding carboxylic acids is 1. The van der Waals surface area contributed by atoms with Gasteiger partial charge in [0.2, 0.25) is 0 Å². The van der Waals surface area contributed by atoms with Gasteiger partial charge in [0.05, 0.1) is 0 Å². The summed E-state index contributed by atoms with van der Waals surface area (Å²) in [6.45, 7) is 6.35. The molecule has 0 saturated carbocycles. The van der Waals surface area contributed by atoms with E-state index in [0.717, 1.165) is 19.1 Å². The lowest BCUT2D eigenvalue weighted by Gasteiger charge is -2.13. The Bertz CT molecular complexity index is 115. The molecule has 0 rings (SSSR count). The SMILES string of the molecule is CCCCCC(C=O)O[SiH](C)C. The maximum absolute atomic E-state index is 10.5. The molecule has 0 N–H and O–H groups in total. The summed E-state index contributed by atoms with van der Waals surface area (Å²) in [5.41, 5.74) is 0. The van der Waals surface area contributed by atoms with Crippen LogP contribution in [0.4, 0.5) is 0 Å². The summed E-state index contributed by atoms with van der Waals surface area (Å²) in [6, 6.07) is 0. The highest BCUT2D eigenvalue weighted by atomic mass is 28.3. The average molecular weight is 188 g/mol. The molecule has 0 spiro atoms. The Balaban J connectivity index is 3.46. The monoisotopic (exact) mass is 188 g/mol. The van der Waals surface area contributed by atoms with Crippen LogP contribution < -0.4 is 0 Å². The molecule has 0 aromatic rings. The topological polar surface area (TPSA) is 26.3 Å². The van der Waals surface area contributed by atoms with E-state index >= 15 is 0 Å². The minimum absolute atomic E-state index is 0.122. The molecule has 0 aromatic carbocycles. The molecule has 1 atom stereocenters. The first-order valence-corrected chi connectivity index (χ1v) is 7.59. The van der Waals surface area contributed by atoms with E-state index in [1.165, 1.54) is 12.8 Å². The van der Waals surface area contributed by atoms with E-state index in [1.807, 2.05) is 0 Å². The second-order valence-corrected chi connectivity index (χ2v) is 5.72. The largest absolute Gasteiger partial charge is 0.411 e. The van der Waals surface area contributed by atoms with Gasteiger partial charge >= 0.3 is 0 Å².